The Bertz CT molecular complexity index is 431. The molecule has 1 heterocycles. The van der Waals surface area contributed by atoms with Crippen LogP contribution in [0.4, 0.5) is 11.4 Å². The van der Waals surface area contributed by atoms with Crippen LogP contribution in [0, 0.1) is 0 Å². The fraction of sp³-hybridized carbons (Fsp3) is 0.600. The highest BCUT2D eigenvalue weighted by atomic mass is 16.5. The molecule has 20 heavy (non-hydrogen) atoms. The molecule has 5 nitrogen and oxygen atoms in total. The molecule has 3 N–H and O–H groups in total. The molecule has 1 aromatic rings. The van der Waals surface area contributed by atoms with Crippen LogP contribution in [-0.4, -0.2) is 33.5 Å². The van der Waals surface area contributed by atoms with Crippen molar-refractivity contribution in [3.8, 4) is 11.5 Å². The number of methoxy groups -OCH3 is 2. The predicted molar refractivity (Wildman–Crippen MR) is 80.7 cm³/mol. The van der Waals surface area contributed by atoms with Gasteiger partial charge in [0.1, 0.15) is 0 Å². The number of ether oxygens (including phenoxy) is 3. The molecular weight excluding hydrogens is 256 g/mol. The van der Waals surface area contributed by atoms with Gasteiger partial charge in [-0.05, 0) is 25.7 Å². The third kappa shape index (κ3) is 3.70. The molecule has 0 bridgehead atoms. The first-order valence-electron chi connectivity index (χ1n) is 7.11. The summed E-state index contributed by atoms with van der Waals surface area (Å²) in [6, 6.07) is 3.65. The van der Waals surface area contributed by atoms with Gasteiger partial charge in [-0.2, -0.15) is 0 Å². The number of hydrogen-bond acceptors (Lipinski definition) is 5. The van der Waals surface area contributed by atoms with Crippen molar-refractivity contribution in [3.63, 3.8) is 0 Å². The van der Waals surface area contributed by atoms with E-state index >= 15 is 0 Å². The minimum atomic E-state index is 0.373. The highest BCUT2D eigenvalue weighted by molar-refractivity contribution is 5.72. The number of nitrogens with two attached hydrogens (primary N) is 1. The normalized spacial score (nSPS) is 18.6. The highest BCUT2D eigenvalue weighted by Gasteiger charge is 2.14. The fourth-order valence-corrected chi connectivity index (χ4v) is 2.45. The lowest BCUT2D eigenvalue weighted by molar-refractivity contribution is 0.0134. The summed E-state index contributed by atoms with van der Waals surface area (Å²) in [6.45, 7) is 1.73. The van der Waals surface area contributed by atoms with Crippen molar-refractivity contribution in [3.05, 3.63) is 12.1 Å². The minimum Gasteiger partial charge on any atom is -0.493 e. The maximum atomic E-state index is 6.01. The fourth-order valence-electron chi connectivity index (χ4n) is 2.45. The SMILES string of the molecule is COc1cc(N)c(NCCC2CCCCO2)cc1OC. The molecule has 1 aliphatic rings. The summed E-state index contributed by atoms with van der Waals surface area (Å²) in [7, 11) is 3.22. The summed E-state index contributed by atoms with van der Waals surface area (Å²) in [5.74, 6) is 1.32. The van der Waals surface area contributed by atoms with Crippen molar-refractivity contribution in [2.75, 3.05) is 38.4 Å². The molecule has 0 radical (unpaired) electrons. The molecule has 0 aromatic heterocycles. The van der Waals surface area contributed by atoms with E-state index in [-0.39, 0.29) is 0 Å². The minimum absolute atomic E-state index is 0.373. The zero-order valence-corrected chi connectivity index (χ0v) is 12.3. The molecular formula is C15H24N2O3. The molecule has 0 spiro atoms. The third-order valence-corrected chi connectivity index (χ3v) is 3.61. The second-order valence-corrected chi connectivity index (χ2v) is 5.00. The Balaban J connectivity index is 1.91. The quantitative estimate of drug-likeness (QED) is 0.784. The number of nitrogens with one attached hydrogen (secondary N) is 1. The summed E-state index contributed by atoms with van der Waals surface area (Å²) in [5, 5.41) is 3.35. The largest absolute Gasteiger partial charge is 0.493 e. The maximum Gasteiger partial charge on any atom is 0.162 e. The number of anilines is 2. The Morgan fingerprint density at radius 2 is 2.00 bits per heavy atom. The van der Waals surface area contributed by atoms with Crippen molar-refractivity contribution in [2.45, 2.75) is 31.8 Å². The highest BCUT2D eigenvalue weighted by Crippen LogP contribution is 2.34. The van der Waals surface area contributed by atoms with E-state index in [1.165, 1.54) is 12.8 Å². The average molecular weight is 280 g/mol. The first-order chi connectivity index (χ1) is 9.74. The Kier molecular flexibility index (Phi) is 5.35. The Labute approximate surface area is 120 Å². The van der Waals surface area contributed by atoms with E-state index in [1.807, 2.05) is 6.07 Å². The number of nitrogen functional groups attached to an aromatic ring is 1. The molecule has 2 rings (SSSR count). The molecule has 1 saturated heterocycles. The molecule has 1 aliphatic heterocycles. The summed E-state index contributed by atoms with van der Waals surface area (Å²) in [5.41, 5.74) is 7.54. The molecule has 1 aromatic carbocycles. The van der Waals surface area contributed by atoms with Gasteiger partial charge in [0.05, 0.1) is 31.7 Å². The van der Waals surface area contributed by atoms with Crippen LogP contribution in [0.3, 0.4) is 0 Å². The van der Waals surface area contributed by atoms with E-state index in [1.54, 1.807) is 20.3 Å². The zero-order chi connectivity index (χ0) is 14.4. The molecule has 1 unspecified atom stereocenters. The van der Waals surface area contributed by atoms with Crippen molar-refractivity contribution in [1.82, 2.24) is 0 Å². The first kappa shape index (κ1) is 14.8. The van der Waals surface area contributed by atoms with Gasteiger partial charge in [-0.15, -0.1) is 0 Å². The van der Waals surface area contributed by atoms with Gasteiger partial charge in [-0.1, -0.05) is 0 Å². The van der Waals surface area contributed by atoms with Gasteiger partial charge >= 0.3 is 0 Å². The van der Waals surface area contributed by atoms with Crippen molar-refractivity contribution in [1.29, 1.82) is 0 Å². The maximum absolute atomic E-state index is 6.01. The van der Waals surface area contributed by atoms with Crippen LogP contribution in [-0.2, 0) is 4.74 Å². The second kappa shape index (κ2) is 7.24. The summed E-state index contributed by atoms with van der Waals surface area (Å²) in [6.07, 6.45) is 4.98. The number of rotatable bonds is 6. The summed E-state index contributed by atoms with van der Waals surface area (Å²) < 4.78 is 16.2. The van der Waals surface area contributed by atoms with Crippen LogP contribution in [0.15, 0.2) is 12.1 Å². The molecule has 1 atom stereocenters. The molecule has 0 aliphatic carbocycles. The second-order valence-electron chi connectivity index (χ2n) is 5.00. The van der Waals surface area contributed by atoms with E-state index < -0.39 is 0 Å². The van der Waals surface area contributed by atoms with Crippen molar-refractivity contribution in [2.24, 2.45) is 0 Å². The van der Waals surface area contributed by atoms with E-state index in [9.17, 15) is 0 Å². The predicted octanol–water partition coefficient (Wildman–Crippen LogP) is 2.66. The van der Waals surface area contributed by atoms with E-state index in [0.717, 1.165) is 31.7 Å². The van der Waals surface area contributed by atoms with Crippen LogP contribution in [0.25, 0.3) is 0 Å². The van der Waals surface area contributed by atoms with Gasteiger partial charge in [0.25, 0.3) is 0 Å². The monoisotopic (exact) mass is 280 g/mol. The average Bonchev–Trinajstić information content (AvgIpc) is 2.49. The van der Waals surface area contributed by atoms with Crippen LogP contribution in [0.1, 0.15) is 25.7 Å². The number of hydrogen-bond donors (Lipinski definition) is 2. The Morgan fingerprint density at radius 3 is 2.65 bits per heavy atom. The standard InChI is InChI=1S/C15H24N2O3/c1-18-14-9-12(16)13(10-15(14)19-2)17-7-6-11-5-3-4-8-20-11/h9-11,17H,3-8,16H2,1-2H3. The van der Waals surface area contributed by atoms with Crippen LogP contribution in [0.2, 0.25) is 0 Å². The van der Waals surface area contributed by atoms with Crippen molar-refractivity contribution >= 4 is 11.4 Å². The molecule has 0 amide bonds. The summed E-state index contributed by atoms with van der Waals surface area (Å²) >= 11 is 0. The molecule has 5 heteroatoms. The van der Waals surface area contributed by atoms with Crippen LogP contribution < -0.4 is 20.5 Å². The molecule has 0 saturated carbocycles. The Hall–Kier alpha value is -1.62. The van der Waals surface area contributed by atoms with E-state index in [2.05, 4.69) is 5.32 Å². The van der Waals surface area contributed by atoms with Gasteiger partial charge in [-0.3, -0.25) is 0 Å². The van der Waals surface area contributed by atoms with Gasteiger partial charge in [-0.25, -0.2) is 0 Å². The van der Waals surface area contributed by atoms with Crippen LogP contribution in [0.5, 0.6) is 11.5 Å². The van der Waals surface area contributed by atoms with Crippen molar-refractivity contribution < 1.29 is 14.2 Å². The van der Waals surface area contributed by atoms with E-state index in [4.69, 9.17) is 19.9 Å². The lowest BCUT2D eigenvalue weighted by Crippen LogP contribution is -2.22. The summed E-state index contributed by atoms with van der Waals surface area (Å²) in [4.78, 5) is 0. The van der Waals surface area contributed by atoms with Gasteiger partial charge in [0, 0.05) is 25.3 Å². The van der Waals surface area contributed by atoms with E-state index in [0.29, 0.717) is 23.3 Å². The van der Waals surface area contributed by atoms with Gasteiger partial charge in [0.2, 0.25) is 0 Å². The smallest absolute Gasteiger partial charge is 0.162 e. The van der Waals surface area contributed by atoms with Crippen LogP contribution >= 0.6 is 0 Å². The number of benzene rings is 1. The topological polar surface area (TPSA) is 65.7 Å². The molecule has 1 fully saturated rings. The lowest BCUT2D eigenvalue weighted by atomic mass is 10.1. The Morgan fingerprint density at radius 1 is 1.25 bits per heavy atom. The zero-order valence-electron chi connectivity index (χ0n) is 12.3. The first-order valence-corrected chi connectivity index (χ1v) is 7.11. The van der Waals surface area contributed by atoms with Gasteiger partial charge in [0.15, 0.2) is 11.5 Å². The molecule has 112 valence electrons. The lowest BCUT2D eigenvalue weighted by Gasteiger charge is -2.23. The third-order valence-electron chi connectivity index (χ3n) is 3.61. The van der Waals surface area contributed by atoms with Gasteiger partial charge < -0.3 is 25.3 Å².